The van der Waals surface area contributed by atoms with Gasteiger partial charge in [-0.1, -0.05) is 30.0 Å². The first-order valence-electron chi connectivity index (χ1n) is 10.8. The van der Waals surface area contributed by atoms with Gasteiger partial charge in [-0.15, -0.1) is 10.2 Å². The summed E-state index contributed by atoms with van der Waals surface area (Å²) < 4.78 is 0. The molecular formula is C23H31N5O. The molecule has 0 bridgehead atoms. The molecule has 2 aliphatic heterocycles. The number of piperazine rings is 1. The summed E-state index contributed by atoms with van der Waals surface area (Å²) in [6.45, 7) is 9.22. The summed E-state index contributed by atoms with van der Waals surface area (Å²) in [5, 5.41) is 8.98. The average Bonchev–Trinajstić information content (AvgIpc) is 3.02. The van der Waals surface area contributed by atoms with Crippen molar-refractivity contribution >= 4 is 17.5 Å². The van der Waals surface area contributed by atoms with Crippen LogP contribution in [0.15, 0.2) is 30.3 Å². The molecule has 2 fully saturated rings. The van der Waals surface area contributed by atoms with Crippen LogP contribution in [0.3, 0.4) is 0 Å². The molecule has 2 aromatic rings. The molecule has 2 aliphatic rings. The fourth-order valence-corrected chi connectivity index (χ4v) is 4.37. The number of carbonyl (C=O) groups is 1. The first kappa shape index (κ1) is 19.7. The third-order valence-electron chi connectivity index (χ3n) is 5.93. The normalized spacial score (nSPS) is 17.9. The summed E-state index contributed by atoms with van der Waals surface area (Å²) >= 11 is 0. The van der Waals surface area contributed by atoms with E-state index in [1.807, 2.05) is 30.9 Å². The molecule has 0 spiro atoms. The Labute approximate surface area is 173 Å². The van der Waals surface area contributed by atoms with Crippen LogP contribution in [-0.2, 0) is 0 Å². The second-order valence-corrected chi connectivity index (χ2v) is 8.31. The van der Waals surface area contributed by atoms with Gasteiger partial charge in [-0.2, -0.15) is 0 Å². The molecule has 4 rings (SSSR count). The van der Waals surface area contributed by atoms with Crippen molar-refractivity contribution in [3.8, 4) is 0 Å². The van der Waals surface area contributed by atoms with Gasteiger partial charge in [-0.25, -0.2) is 0 Å². The molecule has 154 valence electrons. The van der Waals surface area contributed by atoms with E-state index in [2.05, 4.69) is 38.2 Å². The van der Waals surface area contributed by atoms with Crippen LogP contribution in [0.25, 0.3) is 0 Å². The van der Waals surface area contributed by atoms with Crippen molar-refractivity contribution in [1.29, 1.82) is 0 Å². The monoisotopic (exact) mass is 393 g/mol. The van der Waals surface area contributed by atoms with Gasteiger partial charge in [0.15, 0.2) is 11.6 Å². The highest BCUT2D eigenvalue weighted by atomic mass is 16.2. The van der Waals surface area contributed by atoms with Gasteiger partial charge in [0.2, 0.25) is 0 Å². The molecule has 3 heterocycles. The number of rotatable bonds is 3. The van der Waals surface area contributed by atoms with Crippen molar-refractivity contribution in [3.63, 3.8) is 0 Å². The molecule has 0 N–H and O–H groups in total. The number of anilines is 2. The Morgan fingerprint density at radius 1 is 0.724 bits per heavy atom. The molecular weight excluding hydrogens is 362 g/mol. The van der Waals surface area contributed by atoms with Crippen LogP contribution >= 0.6 is 0 Å². The quantitative estimate of drug-likeness (QED) is 0.800. The van der Waals surface area contributed by atoms with Crippen molar-refractivity contribution in [2.45, 2.75) is 39.5 Å². The lowest BCUT2D eigenvalue weighted by molar-refractivity contribution is 0.0746. The lowest BCUT2D eigenvalue weighted by Gasteiger charge is -2.35. The maximum atomic E-state index is 12.9. The zero-order valence-electron chi connectivity index (χ0n) is 17.6. The van der Waals surface area contributed by atoms with Crippen LogP contribution in [0.1, 0.15) is 47.2 Å². The zero-order chi connectivity index (χ0) is 20.2. The van der Waals surface area contributed by atoms with Crippen LogP contribution < -0.4 is 9.80 Å². The second-order valence-electron chi connectivity index (χ2n) is 8.31. The summed E-state index contributed by atoms with van der Waals surface area (Å²) in [4.78, 5) is 19.4. The van der Waals surface area contributed by atoms with Crippen LogP contribution in [0.5, 0.6) is 0 Å². The van der Waals surface area contributed by atoms with Gasteiger partial charge in [-0.05, 0) is 51.0 Å². The largest absolute Gasteiger partial charge is 0.355 e. The van der Waals surface area contributed by atoms with Gasteiger partial charge in [0.1, 0.15) is 0 Å². The number of hydrogen-bond donors (Lipinski definition) is 0. The Morgan fingerprint density at radius 2 is 1.24 bits per heavy atom. The predicted molar refractivity (Wildman–Crippen MR) is 117 cm³/mol. The Balaban J connectivity index is 1.36. The molecule has 1 amide bonds. The van der Waals surface area contributed by atoms with Crippen LogP contribution in [-0.4, -0.2) is 60.3 Å². The molecule has 1 aromatic heterocycles. The molecule has 6 heteroatoms. The van der Waals surface area contributed by atoms with Gasteiger partial charge in [0.05, 0.1) is 0 Å². The first-order valence-corrected chi connectivity index (χ1v) is 10.8. The fraction of sp³-hybridized carbons (Fsp3) is 0.522. The van der Waals surface area contributed by atoms with Crippen molar-refractivity contribution in [1.82, 2.24) is 15.1 Å². The van der Waals surface area contributed by atoms with E-state index in [4.69, 9.17) is 0 Å². The summed E-state index contributed by atoms with van der Waals surface area (Å²) in [5.41, 5.74) is 3.05. The second kappa shape index (κ2) is 8.80. The molecule has 29 heavy (non-hydrogen) atoms. The molecule has 0 saturated carbocycles. The lowest BCUT2D eigenvalue weighted by Crippen LogP contribution is -2.49. The number of aryl methyl sites for hydroxylation is 2. The van der Waals surface area contributed by atoms with Crippen molar-refractivity contribution < 1.29 is 4.79 Å². The smallest absolute Gasteiger partial charge is 0.253 e. The minimum atomic E-state index is 0.124. The van der Waals surface area contributed by atoms with E-state index in [9.17, 15) is 4.79 Å². The van der Waals surface area contributed by atoms with Crippen LogP contribution in [0, 0.1) is 13.8 Å². The van der Waals surface area contributed by atoms with Gasteiger partial charge in [0.25, 0.3) is 5.91 Å². The van der Waals surface area contributed by atoms with Crippen LogP contribution in [0.2, 0.25) is 0 Å². The van der Waals surface area contributed by atoms with Crippen molar-refractivity contribution in [2.75, 3.05) is 49.1 Å². The minimum Gasteiger partial charge on any atom is -0.355 e. The van der Waals surface area contributed by atoms with E-state index in [0.29, 0.717) is 13.1 Å². The summed E-state index contributed by atoms with van der Waals surface area (Å²) in [6, 6.07) is 10.2. The van der Waals surface area contributed by atoms with E-state index < -0.39 is 0 Å². The van der Waals surface area contributed by atoms with E-state index in [-0.39, 0.29) is 5.91 Å². The maximum absolute atomic E-state index is 12.9. The molecule has 0 radical (unpaired) electrons. The van der Waals surface area contributed by atoms with Gasteiger partial charge in [-0.3, -0.25) is 4.79 Å². The summed E-state index contributed by atoms with van der Waals surface area (Å²) in [6.07, 6.45) is 5.10. The van der Waals surface area contributed by atoms with Gasteiger partial charge < -0.3 is 14.7 Å². The number of carbonyl (C=O) groups excluding carboxylic acids is 1. The number of aromatic nitrogens is 2. The molecule has 0 unspecified atom stereocenters. The van der Waals surface area contributed by atoms with E-state index >= 15 is 0 Å². The molecule has 0 atom stereocenters. The Kier molecular flexibility index (Phi) is 5.97. The minimum absolute atomic E-state index is 0.124. The van der Waals surface area contributed by atoms with Gasteiger partial charge >= 0.3 is 0 Å². The Hall–Kier alpha value is -2.63. The number of amides is 1. The van der Waals surface area contributed by atoms with E-state index in [1.54, 1.807) is 0 Å². The standard InChI is InChI=1S/C23H31N5O/c1-18-15-19(2)17-20(16-18)23(29)28-13-11-27(12-14-28)22-8-7-21(24-25-22)26-9-5-3-4-6-10-26/h7-8,15-17H,3-6,9-14H2,1-2H3. The van der Waals surface area contributed by atoms with Crippen LogP contribution in [0.4, 0.5) is 11.6 Å². The van der Waals surface area contributed by atoms with Gasteiger partial charge in [0, 0.05) is 44.8 Å². The number of benzene rings is 1. The SMILES string of the molecule is Cc1cc(C)cc(C(=O)N2CCN(c3ccc(N4CCCCCC4)nn3)CC2)c1. The van der Waals surface area contributed by atoms with Crippen molar-refractivity contribution in [2.24, 2.45) is 0 Å². The summed E-state index contributed by atoms with van der Waals surface area (Å²) in [5.74, 6) is 2.01. The molecule has 0 aliphatic carbocycles. The highest BCUT2D eigenvalue weighted by Gasteiger charge is 2.23. The third kappa shape index (κ3) is 4.69. The number of nitrogens with zero attached hydrogens (tertiary/aromatic N) is 5. The summed E-state index contributed by atoms with van der Waals surface area (Å²) in [7, 11) is 0. The highest BCUT2D eigenvalue weighted by Crippen LogP contribution is 2.20. The topological polar surface area (TPSA) is 52.6 Å². The van der Waals surface area contributed by atoms with Crippen molar-refractivity contribution in [3.05, 3.63) is 47.0 Å². The fourth-order valence-electron chi connectivity index (χ4n) is 4.37. The molecule has 6 nitrogen and oxygen atoms in total. The maximum Gasteiger partial charge on any atom is 0.253 e. The predicted octanol–water partition coefficient (Wildman–Crippen LogP) is 3.44. The van der Waals surface area contributed by atoms with E-state index in [0.717, 1.165) is 54.5 Å². The average molecular weight is 394 g/mol. The third-order valence-corrected chi connectivity index (χ3v) is 5.93. The lowest BCUT2D eigenvalue weighted by atomic mass is 10.1. The first-order chi connectivity index (χ1) is 14.1. The highest BCUT2D eigenvalue weighted by molar-refractivity contribution is 5.94. The Bertz CT molecular complexity index is 815. The van der Waals surface area contributed by atoms with E-state index in [1.165, 1.54) is 25.7 Å². The number of hydrogen-bond acceptors (Lipinski definition) is 5. The Morgan fingerprint density at radius 3 is 1.76 bits per heavy atom. The molecule has 2 saturated heterocycles. The zero-order valence-corrected chi connectivity index (χ0v) is 17.6. The molecule has 1 aromatic carbocycles.